The van der Waals surface area contributed by atoms with Gasteiger partial charge >= 0.3 is 0 Å². The summed E-state index contributed by atoms with van der Waals surface area (Å²) in [7, 11) is 0. The van der Waals surface area contributed by atoms with E-state index in [0.717, 1.165) is 30.6 Å². The van der Waals surface area contributed by atoms with Crippen molar-refractivity contribution in [2.75, 3.05) is 0 Å². The zero-order chi connectivity index (χ0) is 12.8. The predicted octanol–water partition coefficient (Wildman–Crippen LogP) is 3.84. The van der Waals surface area contributed by atoms with Gasteiger partial charge in [0.25, 0.3) is 0 Å². The summed E-state index contributed by atoms with van der Waals surface area (Å²) in [5.74, 6) is 0.885. The minimum Gasteiger partial charge on any atom is -0.487 e. The third-order valence-electron chi connectivity index (χ3n) is 4.68. The number of hydrogen-bond acceptors (Lipinski definition) is 2. The Labute approximate surface area is 109 Å². The Bertz CT molecular complexity index is 440. The van der Waals surface area contributed by atoms with Crippen LogP contribution >= 0.6 is 0 Å². The predicted molar refractivity (Wildman–Crippen MR) is 71.6 cm³/mol. The summed E-state index contributed by atoms with van der Waals surface area (Å²) in [5, 5.41) is 10.3. The van der Waals surface area contributed by atoms with Gasteiger partial charge in [0.1, 0.15) is 11.4 Å². The Morgan fingerprint density at radius 2 is 1.78 bits per heavy atom. The number of para-hydroxylation sites is 1. The minimum absolute atomic E-state index is 0.122. The smallest absolute Gasteiger partial charge is 0.125 e. The number of aliphatic hydroxyl groups excluding tert-OH is 1. The average Bonchev–Trinajstić information content (AvgIpc) is 2.34. The third-order valence-corrected chi connectivity index (χ3v) is 4.68. The molecule has 1 heterocycles. The Hall–Kier alpha value is -1.02. The summed E-state index contributed by atoms with van der Waals surface area (Å²) >= 11 is 0. The van der Waals surface area contributed by atoms with Crippen molar-refractivity contribution in [3.8, 4) is 5.75 Å². The highest BCUT2D eigenvalue weighted by molar-refractivity contribution is 5.38. The van der Waals surface area contributed by atoms with Crippen LogP contribution in [0.5, 0.6) is 5.75 Å². The highest BCUT2D eigenvalue weighted by Gasteiger charge is 2.44. The third kappa shape index (κ3) is 2.03. The zero-order valence-electron chi connectivity index (χ0n) is 11.3. The molecule has 0 unspecified atom stereocenters. The van der Waals surface area contributed by atoms with E-state index >= 15 is 0 Å². The maximum absolute atomic E-state index is 10.3. The molecule has 0 aromatic heterocycles. The van der Waals surface area contributed by atoms with Gasteiger partial charge in [-0.05, 0) is 37.2 Å². The van der Waals surface area contributed by atoms with Gasteiger partial charge < -0.3 is 9.84 Å². The molecule has 0 amide bonds. The van der Waals surface area contributed by atoms with E-state index in [0.29, 0.717) is 5.41 Å². The molecule has 1 aliphatic heterocycles. The molecule has 1 aliphatic carbocycles. The van der Waals surface area contributed by atoms with Crippen LogP contribution in [0.25, 0.3) is 0 Å². The van der Waals surface area contributed by atoms with E-state index in [-0.39, 0.29) is 11.7 Å². The zero-order valence-corrected chi connectivity index (χ0v) is 11.3. The Balaban J connectivity index is 1.86. The van der Waals surface area contributed by atoms with Gasteiger partial charge in [-0.25, -0.2) is 0 Å². The summed E-state index contributed by atoms with van der Waals surface area (Å²) in [5.41, 5.74) is 1.26. The van der Waals surface area contributed by atoms with Gasteiger partial charge in [-0.2, -0.15) is 0 Å². The highest BCUT2D eigenvalue weighted by Crippen LogP contribution is 2.49. The van der Waals surface area contributed by atoms with Crippen LogP contribution in [0.15, 0.2) is 24.3 Å². The lowest BCUT2D eigenvalue weighted by Crippen LogP contribution is -2.45. The van der Waals surface area contributed by atoms with Crippen LogP contribution < -0.4 is 4.74 Å². The van der Waals surface area contributed by atoms with Crippen LogP contribution in [0.2, 0.25) is 0 Å². The van der Waals surface area contributed by atoms with E-state index in [4.69, 9.17) is 4.74 Å². The monoisotopic (exact) mass is 246 g/mol. The lowest BCUT2D eigenvalue weighted by molar-refractivity contribution is -0.0575. The fourth-order valence-corrected chi connectivity index (χ4v) is 3.27. The van der Waals surface area contributed by atoms with Crippen molar-refractivity contribution >= 4 is 0 Å². The van der Waals surface area contributed by atoms with Gasteiger partial charge in [-0.15, -0.1) is 0 Å². The second kappa shape index (κ2) is 3.99. The van der Waals surface area contributed by atoms with Gasteiger partial charge in [0.05, 0.1) is 6.10 Å². The first kappa shape index (κ1) is 12.0. The van der Waals surface area contributed by atoms with Crippen LogP contribution in [0.1, 0.15) is 57.6 Å². The summed E-state index contributed by atoms with van der Waals surface area (Å²) in [6.45, 7) is 4.65. The fraction of sp³-hybridized carbons (Fsp3) is 0.625. The van der Waals surface area contributed by atoms with Gasteiger partial charge in [-0.1, -0.05) is 32.0 Å². The molecule has 1 atom stereocenters. The van der Waals surface area contributed by atoms with Crippen molar-refractivity contribution in [1.29, 1.82) is 0 Å². The normalized spacial score (nSPS) is 28.5. The molecule has 2 heteroatoms. The number of rotatable bonds is 0. The Morgan fingerprint density at radius 3 is 2.50 bits per heavy atom. The van der Waals surface area contributed by atoms with Gasteiger partial charge in [0.2, 0.25) is 0 Å². The lowest BCUT2D eigenvalue weighted by atomic mass is 9.68. The van der Waals surface area contributed by atoms with Crippen LogP contribution in [0, 0.1) is 5.41 Å². The van der Waals surface area contributed by atoms with E-state index < -0.39 is 0 Å². The summed E-state index contributed by atoms with van der Waals surface area (Å²) in [4.78, 5) is 0. The summed E-state index contributed by atoms with van der Waals surface area (Å²) in [6, 6.07) is 7.91. The Morgan fingerprint density at radius 1 is 1.11 bits per heavy atom. The van der Waals surface area contributed by atoms with E-state index in [9.17, 15) is 5.11 Å². The molecule has 98 valence electrons. The number of aliphatic hydroxyl groups is 1. The molecule has 0 saturated heterocycles. The van der Waals surface area contributed by atoms with Crippen LogP contribution in [0.4, 0.5) is 0 Å². The van der Waals surface area contributed by atoms with Crippen LogP contribution in [0.3, 0.4) is 0 Å². The van der Waals surface area contributed by atoms with E-state index in [1.807, 2.05) is 24.3 Å². The van der Waals surface area contributed by atoms with Crippen LogP contribution in [-0.4, -0.2) is 10.7 Å². The first-order valence-corrected chi connectivity index (χ1v) is 6.96. The summed E-state index contributed by atoms with van der Waals surface area (Å²) in [6.07, 6.45) is 4.87. The highest BCUT2D eigenvalue weighted by atomic mass is 16.5. The first-order valence-electron chi connectivity index (χ1n) is 6.96. The molecule has 0 radical (unpaired) electrons. The molecule has 1 N–H and O–H groups in total. The SMILES string of the molecule is CC1(C)CCC2(CC1)C[C@@H](O)c1ccccc1O2. The van der Waals surface area contributed by atoms with Gasteiger partial charge in [0.15, 0.2) is 0 Å². The summed E-state index contributed by atoms with van der Waals surface area (Å²) < 4.78 is 6.26. The molecule has 3 rings (SSSR count). The average molecular weight is 246 g/mol. The molecule has 1 spiro atoms. The first-order chi connectivity index (χ1) is 8.50. The van der Waals surface area contributed by atoms with Crippen molar-refractivity contribution in [2.24, 2.45) is 5.41 Å². The second-order valence-corrected chi connectivity index (χ2v) is 6.71. The second-order valence-electron chi connectivity index (χ2n) is 6.71. The van der Waals surface area contributed by atoms with E-state index in [1.54, 1.807) is 0 Å². The molecule has 0 bridgehead atoms. The van der Waals surface area contributed by atoms with Crippen molar-refractivity contribution < 1.29 is 9.84 Å². The van der Waals surface area contributed by atoms with Crippen molar-refractivity contribution in [2.45, 2.75) is 57.7 Å². The molecule has 2 nitrogen and oxygen atoms in total. The van der Waals surface area contributed by atoms with Crippen LogP contribution in [-0.2, 0) is 0 Å². The number of ether oxygens (including phenoxy) is 1. The van der Waals surface area contributed by atoms with Crippen molar-refractivity contribution in [3.63, 3.8) is 0 Å². The molecule has 2 aliphatic rings. The Kier molecular flexibility index (Phi) is 2.67. The molecule has 1 saturated carbocycles. The minimum atomic E-state index is -0.365. The molecular weight excluding hydrogens is 224 g/mol. The lowest BCUT2D eigenvalue weighted by Gasteiger charge is -2.47. The maximum Gasteiger partial charge on any atom is 0.125 e. The molecule has 1 fully saturated rings. The number of hydrogen-bond donors (Lipinski definition) is 1. The van der Waals surface area contributed by atoms with E-state index in [1.165, 1.54) is 12.8 Å². The van der Waals surface area contributed by atoms with Crippen molar-refractivity contribution in [1.82, 2.24) is 0 Å². The van der Waals surface area contributed by atoms with Gasteiger partial charge in [0, 0.05) is 12.0 Å². The molecule has 18 heavy (non-hydrogen) atoms. The fourth-order valence-electron chi connectivity index (χ4n) is 3.27. The molecule has 1 aromatic carbocycles. The van der Waals surface area contributed by atoms with E-state index in [2.05, 4.69) is 13.8 Å². The molecule has 1 aromatic rings. The topological polar surface area (TPSA) is 29.5 Å². The largest absolute Gasteiger partial charge is 0.487 e. The quantitative estimate of drug-likeness (QED) is 0.753. The number of fused-ring (bicyclic) bond motifs is 1. The van der Waals surface area contributed by atoms with Gasteiger partial charge in [-0.3, -0.25) is 0 Å². The number of benzene rings is 1. The molecular formula is C16H22O2. The maximum atomic E-state index is 10.3. The standard InChI is InChI=1S/C16H22O2/c1-15(2)7-9-16(10-8-15)11-13(17)12-5-3-4-6-14(12)18-16/h3-6,13,17H,7-11H2,1-2H3/t13-/m1/s1. The van der Waals surface area contributed by atoms with Crippen molar-refractivity contribution in [3.05, 3.63) is 29.8 Å².